The number of nitrogen functional groups attached to an aromatic ring is 1. The minimum absolute atomic E-state index is 0.0354. The van der Waals surface area contributed by atoms with Gasteiger partial charge in [0.05, 0.1) is 15.9 Å². The van der Waals surface area contributed by atoms with Crippen molar-refractivity contribution in [2.45, 2.75) is 49.6 Å². The number of nitrogens with zero attached hydrogens (tertiary/aromatic N) is 1. The quantitative estimate of drug-likeness (QED) is 0.339. The second kappa shape index (κ2) is 9.44. The lowest BCUT2D eigenvalue weighted by atomic mass is 9.85. The summed E-state index contributed by atoms with van der Waals surface area (Å²) >= 11 is 0. The first kappa shape index (κ1) is 22.7. The monoisotopic (exact) mass is 446 g/mol. The number of amides is 1. The summed E-state index contributed by atoms with van der Waals surface area (Å²) in [5.74, 6) is -0.212. The van der Waals surface area contributed by atoms with Gasteiger partial charge in [0.2, 0.25) is 15.9 Å². The molecule has 0 bridgehead atoms. The van der Waals surface area contributed by atoms with Gasteiger partial charge in [-0.3, -0.25) is 14.9 Å². The van der Waals surface area contributed by atoms with E-state index in [4.69, 9.17) is 5.73 Å². The zero-order chi connectivity index (χ0) is 22.6. The van der Waals surface area contributed by atoms with E-state index in [2.05, 4.69) is 10.0 Å². The molecule has 10 heteroatoms. The zero-order valence-corrected chi connectivity index (χ0v) is 18.0. The van der Waals surface area contributed by atoms with Crippen molar-refractivity contribution in [2.24, 2.45) is 5.92 Å². The first-order chi connectivity index (χ1) is 14.7. The molecule has 31 heavy (non-hydrogen) atoms. The molecule has 0 saturated heterocycles. The van der Waals surface area contributed by atoms with Crippen LogP contribution in [-0.2, 0) is 14.8 Å². The standard InChI is InChI=1S/C21H26N4O5S/c1-14(15-5-3-2-4-6-15)23-21(26)16-7-9-17(10-8-16)24-31(29,30)18-11-12-19(22)20(13-18)25(27)28/h2-6,11-14,16-17,24H,7-10,22H2,1H3,(H,23,26)/t14-,16-,17-/m1/s1. The molecule has 166 valence electrons. The Morgan fingerprint density at radius 2 is 1.77 bits per heavy atom. The van der Waals surface area contributed by atoms with Crippen LogP contribution in [-0.4, -0.2) is 25.3 Å². The smallest absolute Gasteiger partial charge is 0.293 e. The third-order valence-electron chi connectivity index (χ3n) is 5.59. The number of rotatable bonds is 7. The van der Waals surface area contributed by atoms with Gasteiger partial charge in [0.15, 0.2) is 0 Å². The fourth-order valence-corrected chi connectivity index (χ4v) is 5.09. The number of carbonyl (C=O) groups excluding carboxylic acids is 1. The summed E-state index contributed by atoms with van der Waals surface area (Å²) in [7, 11) is -3.94. The molecule has 3 rings (SSSR count). The van der Waals surface area contributed by atoms with E-state index in [1.807, 2.05) is 37.3 Å². The molecule has 9 nitrogen and oxygen atoms in total. The summed E-state index contributed by atoms with van der Waals surface area (Å²) in [4.78, 5) is 22.7. The van der Waals surface area contributed by atoms with Crippen molar-refractivity contribution in [3.63, 3.8) is 0 Å². The number of nitro benzene ring substituents is 1. The fraction of sp³-hybridized carbons (Fsp3) is 0.381. The van der Waals surface area contributed by atoms with Crippen LogP contribution in [0.5, 0.6) is 0 Å². The second-order valence-electron chi connectivity index (χ2n) is 7.79. The van der Waals surface area contributed by atoms with Gasteiger partial charge >= 0.3 is 0 Å². The number of benzene rings is 2. The van der Waals surface area contributed by atoms with Gasteiger partial charge in [0.1, 0.15) is 5.69 Å². The highest BCUT2D eigenvalue weighted by molar-refractivity contribution is 7.89. The second-order valence-corrected chi connectivity index (χ2v) is 9.50. The van der Waals surface area contributed by atoms with E-state index in [9.17, 15) is 23.3 Å². The van der Waals surface area contributed by atoms with Crippen molar-refractivity contribution in [3.05, 3.63) is 64.2 Å². The lowest BCUT2D eigenvalue weighted by Gasteiger charge is -2.29. The van der Waals surface area contributed by atoms with Gasteiger partial charge in [-0.1, -0.05) is 30.3 Å². The molecule has 0 unspecified atom stereocenters. The van der Waals surface area contributed by atoms with Crippen molar-refractivity contribution in [3.8, 4) is 0 Å². The summed E-state index contributed by atoms with van der Waals surface area (Å²) in [5, 5.41) is 14.1. The molecule has 2 aromatic rings. The van der Waals surface area contributed by atoms with Crippen molar-refractivity contribution < 1.29 is 18.1 Å². The number of anilines is 1. The van der Waals surface area contributed by atoms with Crippen molar-refractivity contribution in [1.82, 2.24) is 10.0 Å². The van der Waals surface area contributed by atoms with E-state index in [1.165, 1.54) is 12.1 Å². The van der Waals surface area contributed by atoms with Crippen LogP contribution in [0.15, 0.2) is 53.4 Å². The number of nitrogens with one attached hydrogen (secondary N) is 2. The lowest BCUT2D eigenvalue weighted by molar-refractivity contribution is -0.384. The van der Waals surface area contributed by atoms with Gasteiger partial charge in [-0.15, -0.1) is 0 Å². The van der Waals surface area contributed by atoms with Gasteiger partial charge < -0.3 is 11.1 Å². The van der Waals surface area contributed by atoms with Gasteiger partial charge in [-0.2, -0.15) is 0 Å². The maximum absolute atomic E-state index is 12.7. The normalized spacial score (nSPS) is 20.0. The summed E-state index contributed by atoms with van der Waals surface area (Å²) in [6, 6.07) is 12.6. The van der Waals surface area contributed by atoms with Crippen LogP contribution in [0, 0.1) is 16.0 Å². The van der Waals surface area contributed by atoms with Gasteiger partial charge in [0, 0.05) is 18.0 Å². The predicted octanol–water partition coefficient (Wildman–Crippen LogP) is 2.89. The molecule has 1 atom stereocenters. The molecule has 0 radical (unpaired) electrons. The number of nitrogens with two attached hydrogens (primary N) is 1. The topological polar surface area (TPSA) is 144 Å². The average molecular weight is 447 g/mol. The van der Waals surface area contributed by atoms with E-state index in [0.717, 1.165) is 11.6 Å². The van der Waals surface area contributed by atoms with Crippen molar-refractivity contribution in [2.75, 3.05) is 5.73 Å². The van der Waals surface area contributed by atoms with Crippen LogP contribution in [0.3, 0.4) is 0 Å². The fourth-order valence-electron chi connectivity index (χ4n) is 3.77. The Morgan fingerprint density at radius 1 is 1.13 bits per heavy atom. The first-order valence-electron chi connectivity index (χ1n) is 10.1. The van der Waals surface area contributed by atoms with Gasteiger partial charge in [-0.05, 0) is 50.3 Å². The van der Waals surface area contributed by atoms with E-state index in [0.29, 0.717) is 25.7 Å². The van der Waals surface area contributed by atoms with Crippen LogP contribution in [0.2, 0.25) is 0 Å². The van der Waals surface area contributed by atoms with E-state index >= 15 is 0 Å². The Kier molecular flexibility index (Phi) is 6.91. The van der Waals surface area contributed by atoms with Crippen LogP contribution in [0.25, 0.3) is 0 Å². The largest absolute Gasteiger partial charge is 0.393 e. The number of carbonyl (C=O) groups is 1. The van der Waals surface area contributed by atoms with Gasteiger partial charge in [0.25, 0.3) is 5.69 Å². The van der Waals surface area contributed by atoms with E-state index < -0.39 is 20.6 Å². The Balaban J connectivity index is 1.56. The molecular weight excluding hydrogens is 420 g/mol. The summed E-state index contributed by atoms with van der Waals surface area (Å²) < 4.78 is 27.9. The molecule has 1 aliphatic carbocycles. The molecule has 1 aliphatic rings. The SMILES string of the molecule is C[C@@H](NC(=O)[C@H]1CC[C@H](NS(=O)(=O)c2ccc(N)c([N+](=O)[O-])c2)CC1)c1ccccc1. The number of hydrogen-bond donors (Lipinski definition) is 3. The molecule has 2 aromatic carbocycles. The Labute approximate surface area is 181 Å². The maximum atomic E-state index is 12.7. The Morgan fingerprint density at radius 3 is 2.39 bits per heavy atom. The maximum Gasteiger partial charge on any atom is 0.293 e. The molecule has 0 heterocycles. The minimum atomic E-state index is -3.94. The molecule has 4 N–H and O–H groups in total. The van der Waals surface area contributed by atoms with Crippen LogP contribution in [0.1, 0.15) is 44.2 Å². The minimum Gasteiger partial charge on any atom is -0.393 e. The highest BCUT2D eigenvalue weighted by Gasteiger charge is 2.30. The lowest BCUT2D eigenvalue weighted by Crippen LogP contribution is -2.41. The van der Waals surface area contributed by atoms with Crippen LogP contribution < -0.4 is 15.8 Å². The number of nitro groups is 1. The molecule has 1 fully saturated rings. The predicted molar refractivity (Wildman–Crippen MR) is 117 cm³/mol. The summed E-state index contributed by atoms with van der Waals surface area (Å²) in [6.07, 6.45) is 2.13. The highest BCUT2D eigenvalue weighted by atomic mass is 32.2. The Bertz CT molecular complexity index is 1050. The highest BCUT2D eigenvalue weighted by Crippen LogP contribution is 2.28. The Hall–Kier alpha value is -2.98. The average Bonchev–Trinajstić information content (AvgIpc) is 2.74. The van der Waals surface area contributed by atoms with Crippen molar-refractivity contribution >= 4 is 27.3 Å². The van der Waals surface area contributed by atoms with E-state index in [-0.39, 0.29) is 34.5 Å². The van der Waals surface area contributed by atoms with E-state index in [1.54, 1.807) is 0 Å². The number of hydrogen-bond acceptors (Lipinski definition) is 6. The molecule has 0 aromatic heterocycles. The molecule has 0 spiro atoms. The first-order valence-corrected chi connectivity index (χ1v) is 11.6. The molecule has 0 aliphatic heterocycles. The summed E-state index contributed by atoms with van der Waals surface area (Å²) in [5.41, 5.74) is 6.02. The van der Waals surface area contributed by atoms with Crippen molar-refractivity contribution in [1.29, 1.82) is 0 Å². The van der Waals surface area contributed by atoms with Crippen LogP contribution >= 0.6 is 0 Å². The molecular formula is C21H26N4O5S. The third kappa shape index (κ3) is 5.59. The zero-order valence-electron chi connectivity index (χ0n) is 17.2. The molecule has 1 saturated carbocycles. The van der Waals surface area contributed by atoms with Crippen LogP contribution in [0.4, 0.5) is 11.4 Å². The summed E-state index contributed by atoms with van der Waals surface area (Å²) in [6.45, 7) is 1.93. The van der Waals surface area contributed by atoms with Gasteiger partial charge in [-0.25, -0.2) is 13.1 Å². The number of sulfonamides is 1. The third-order valence-corrected chi connectivity index (χ3v) is 7.11. The molecule has 1 amide bonds.